The summed E-state index contributed by atoms with van der Waals surface area (Å²) in [5.74, 6) is -0.191. The molecule has 1 amide bonds. The van der Waals surface area contributed by atoms with Crippen molar-refractivity contribution in [3.8, 4) is 0 Å². The Morgan fingerprint density at radius 2 is 2.13 bits per heavy atom. The average molecular weight is 331 g/mol. The topological polar surface area (TPSA) is 54.3 Å². The Morgan fingerprint density at radius 3 is 2.78 bits per heavy atom. The van der Waals surface area contributed by atoms with Crippen molar-refractivity contribution in [2.24, 2.45) is 7.05 Å². The predicted molar refractivity (Wildman–Crippen MR) is 91.9 cm³/mol. The van der Waals surface area contributed by atoms with Crippen molar-refractivity contribution in [1.82, 2.24) is 14.8 Å². The molecule has 5 nitrogen and oxygen atoms in total. The van der Waals surface area contributed by atoms with Crippen molar-refractivity contribution in [2.75, 3.05) is 19.6 Å². The molecule has 6 heteroatoms. The van der Waals surface area contributed by atoms with E-state index in [1.807, 2.05) is 6.07 Å². The van der Waals surface area contributed by atoms with Crippen LogP contribution < -0.4 is 10.9 Å². The largest absolute Gasteiger partial charge is 0.350 e. The summed E-state index contributed by atoms with van der Waals surface area (Å²) >= 11 is 1.72. The van der Waals surface area contributed by atoms with Crippen LogP contribution in [0.15, 0.2) is 40.6 Å². The number of aromatic nitrogens is 1. The van der Waals surface area contributed by atoms with Crippen LogP contribution in [0.25, 0.3) is 0 Å². The average Bonchev–Trinajstić information content (AvgIpc) is 3.24. The van der Waals surface area contributed by atoms with Crippen molar-refractivity contribution in [3.63, 3.8) is 0 Å². The van der Waals surface area contributed by atoms with Gasteiger partial charge in [-0.25, -0.2) is 0 Å². The molecule has 1 N–H and O–H groups in total. The highest BCUT2D eigenvalue weighted by Crippen LogP contribution is 2.27. The SMILES string of the molecule is Cn1ccc(C(=O)NC[C@@H](c2cccs2)N2CCCC2)cc1=O. The fourth-order valence-corrected chi connectivity index (χ4v) is 3.79. The Kier molecular flexibility index (Phi) is 4.93. The maximum Gasteiger partial charge on any atom is 0.251 e. The zero-order valence-corrected chi connectivity index (χ0v) is 14.0. The van der Waals surface area contributed by atoms with Crippen LogP contribution in [0.3, 0.4) is 0 Å². The molecule has 1 fully saturated rings. The van der Waals surface area contributed by atoms with Crippen molar-refractivity contribution in [1.29, 1.82) is 0 Å². The zero-order valence-electron chi connectivity index (χ0n) is 13.2. The third-order valence-corrected chi connectivity index (χ3v) is 5.25. The molecule has 0 bridgehead atoms. The van der Waals surface area contributed by atoms with E-state index in [9.17, 15) is 9.59 Å². The van der Waals surface area contributed by atoms with E-state index in [1.54, 1.807) is 30.6 Å². The van der Waals surface area contributed by atoms with Gasteiger partial charge in [0.2, 0.25) is 0 Å². The van der Waals surface area contributed by atoms with Crippen LogP contribution in [0.5, 0.6) is 0 Å². The Bertz CT molecular complexity index is 718. The number of carbonyl (C=O) groups is 1. The van der Waals surface area contributed by atoms with Crippen LogP contribution in [0, 0.1) is 0 Å². The van der Waals surface area contributed by atoms with Crippen LogP contribution in [0.1, 0.15) is 34.1 Å². The number of carbonyl (C=O) groups excluding carboxylic acids is 1. The van der Waals surface area contributed by atoms with Gasteiger partial charge in [-0.2, -0.15) is 0 Å². The lowest BCUT2D eigenvalue weighted by atomic mass is 10.2. The highest BCUT2D eigenvalue weighted by atomic mass is 32.1. The number of pyridine rings is 1. The molecule has 0 aliphatic carbocycles. The highest BCUT2D eigenvalue weighted by molar-refractivity contribution is 7.10. The molecule has 23 heavy (non-hydrogen) atoms. The molecule has 1 aliphatic heterocycles. The van der Waals surface area contributed by atoms with Crippen LogP contribution in [-0.4, -0.2) is 35.0 Å². The summed E-state index contributed by atoms with van der Waals surface area (Å²) < 4.78 is 1.45. The second-order valence-corrected chi connectivity index (χ2v) is 6.83. The quantitative estimate of drug-likeness (QED) is 0.912. The minimum atomic E-state index is -0.191. The number of nitrogens with one attached hydrogen (secondary N) is 1. The van der Waals surface area contributed by atoms with Gasteiger partial charge in [0.05, 0.1) is 6.04 Å². The molecule has 1 saturated heterocycles. The number of likely N-dealkylation sites (tertiary alicyclic amines) is 1. The molecule has 2 aromatic heterocycles. The number of hydrogen-bond donors (Lipinski definition) is 1. The summed E-state index contributed by atoms with van der Waals surface area (Å²) in [6, 6.07) is 7.44. The summed E-state index contributed by atoms with van der Waals surface area (Å²) in [6.07, 6.45) is 4.05. The fourth-order valence-electron chi connectivity index (χ4n) is 2.92. The number of amides is 1. The van der Waals surface area contributed by atoms with Gasteiger partial charge in [0.15, 0.2) is 0 Å². The van der Waals surface area contributed by atoms with E-state index in [2.05, 4.69) is 21.7 Å². The van der Waals surface area contributed by atoms with Crippen LogP contribution in [0.4, 0.5) is 0 Å². The van der Waals surface area contributed by atoms with Gasteiger partial charge < -0.3 is 9.88 Å². The van der Waals surface area contributed by atoms with Crippen molar-refractivity contribution < 1.29 is 4.79 Å². The second-order valence-electron chi connectivity index (χ2n) is 5.85. The Hall–Kier alpha value is -1.92. The van der Waals surface area contributed by atoms with Crippen molar-refractivity contribution >= 4 is 17.2 Å². The normalized spacial score (nSPS) is 16.4. The lowest BCUT2D eigenvalue weighted by Crippen LogP contribution is -2.36. The Balaban J connectivity index is 1.69. The maximum atomic E-state index is 12.3. The number of hydrogen-bond acceptors (Lipinski definition) is 4. The van der Waals surface area contributed by atoms with E-state index >= 15 is 0 Å². The molecule has 3 heterocycles. The molecule has 0 unspecified atom stereocenters. The van der Waals surface area contributed by atoms with E-state index < -0.39 is 0 Å². The van der Waals surface area contributed by atoms with Gasteiger partial charge in [-0.15, -0.1) is 11.3 Å². The van der Waals surface area contributed by atoms with Gasteiger partial charge in [0.1, 0.15) is 0 Å². The first-order valence-electron chi connectivity index (χ1n) is 7.87. The second kappa shape index (κ2) is 7.10. The van der Waals surface area contributed by atoms with E-state index in [-0.39, 0.29) is 17.5 Å². The highest BCUT2D eigenvalue weighted by Gasteiger charge is 2.24. The number of aryl methyl sites for hydroxylation is 1. The molecule has 1 aliphatic rings. The lowest BCUT2D eigenvalue weighted by molar-refractivity contribution is 0.0938. The van der Waals surface area contributed by atoms with Gasteiger partial charge in [-0.05, 0) is 43.4 Å². The molecule has 0 saturated carbocycles. The standard InChI is InChI=1S/C17H21N3O2S/c1-19-9-6-13(11-16(19)21)17(22)18-12-14(15-5-4-10-23-15)20-7-2-3-8-20/h4-6,9-11,14H,2-3,7-8,12H2,1H3,(H,18,22)/t14-/m0/s1. The van der Waals surface area contributed by atoms with Crippen LogP contribution in [-0.2, 0) is 7.05 Å². The summed E-state index contributed by atoms with van der Waals surface area (Å²) in [4.78, 5) is 27.7. The van der Waals surface area contributed by atoms with Crippen LogP contribution >= 0.6 is 11.3 Å². The smallest absolute Gasteiger partial charge is 0.251 e. The number of rotatable bonds is 5. The fraction of sp³-hybridized carbons (Fsp3) is 0.412. The Labute approximate surface area is 139 Å². The Morgan fingerprint density at radius 1 is 1.35 bits per heavy atom. The molecule has 0 aromatic carbocycles. The minimum Gasteiger partial charge on any atom is -0.350 e. The third kappa shape index (κ3) is 3.71. The predicted octanol–water partition coefficient (Wildman–Crippen LogP) is 2.01. The zero-order chi connectivity index (χ0) is 16.2. The molecule has 1 atom stereocenters. The molecular formula is C17H21N3O2S. The van der Waals surface area contributed by atoms with Gasteiger partial charge in [0.25, 0.3) is 11.5 Å². The van der Waals surface area contributed by atoms with Gasteiger partial charge in [0, 0.05) is 36.3 Å². The summed E-state index contributed by atoms with van der Waals surface area (Å²) in [5.41, 5.74) is 0.242. The first kappa shape index (κ1) is 16.0. The van der Waals surface area contributed by atoms with E-state index in [0.29, 0.717) is 12.1 Å². The van der Waals surface area contributed by atoms with Crippen LogP contribution in [0.2, 0.25) is 0 Å². The summed E-state index contributed by atoms with van der Waals surface area (Å²) in [7, 11) is 1.67. The molecule has 3 rings (SSSR count). The monoisotopic (exact) mass is 331 g/mol. The summed E-state index contributed by atoms with van der Waals surface area (Å²) in [5, 5.41) is 5.06. The number of thiophene rings is 1. The first-order chi connectivity index (χ1) is 11.1. The minimum absolute atomic E-state index is 0.174. The molecule has 2 aromatic rings. The van der Waals surface area contributed by atoms with E-state index in [1.165, 1.54) is 28.4 Å². The van der Waals surface area contributed by atoms with E-state index in [4.69, 9.17) is 0 Å². The summed E-state index contributed by atoms with van der Waals surface area (Å²) in [6.45, 7) is 2.71. The molecule has 122 valence electrons. The van der Waals surface area contributed by atoms with Crippen molar-refractivity contribution in [2.45, 2.75) is 18.9 Å². The van der Waals surface area contributed by atoms with Gasteiger partial charge in [-0.3, -0.25) is 14.5 Å². The van der Waals surface area contributed by atoms with Crippen molar-refractivity contribution in [3.05, 3.63) is 56.6 Å². The third-order valence-electron chi connectivity index (χ3n) is 4.28. The molecule has 0 spiro atoms. The number of nitrogens with zero attached hydrogens (tertiary/aromatic N) is 2. The molecular weight excluding hydrogens is 310 g/mol. The van der Waals surface area contributed by atoms with Gasteiger partial charge in [-0.1, -0.05) is 6.07 Å². The lowest BCUT2D eigenvalue weighted by Gasteiger charge is -2.26. The van der Waals surface area contributed by atoms with E-state index in [0.717, 1.165) is 13.1 Å². The van der Waals surface area contributed by atoms with Gasteiger partial charge >= 0.3 is 0 Å². The maximum absolute atomic E-state index is 12.3. The first-order valence-corrected chi connectivity index (χ1v) is 8.75. The molecule has 0 radical (unpaired) electrons.